The van der Waals surface area contributed by atoms with Crippen LogP contribution in [0, 0.1) is 0 Å². The zero-order valence-electron chi connectivity index (χ0n) is 8.73. The van der Waals surface area contributed by atoms with Gasteiger partial charge in [0.2, 0.25) is 0 Å². The quantitative estimate of drug-likeness (QED) is 0.833. The molecule has 1 unspecified atom stereocenters. The average Bonchev–Trinajstić information content (AvgIpc) is 2.86. The van der Waals surface area contributed by atoms with Crippen LogP contribution in [-0.4, -0.2) is 16.2 Å². The molecule has 0 aliphatic heterocycles. The van der Waals surface area contributed by atoms with Crippen LogP contribution in [0.3, 0.4) is 0 Å². The van der Waals surface area contributed by atoms with Crippen molar-refractivity contribution < 1.29 is 0 Å². The Balaban J connectivity index is 2.23. The van der Waals surface area contributed by atoms with E-state index in [1.54, 1.807) is 11.3 Å². The zero-order valence-corrected chi connectivity index (χ0v) is 9.55. The van der Waals surface area contributed by atoms with Gasteiger partial charge in [-0.15, -0.1) is 11.3 Å². The molecule has 0 aromatic carbocycles. The van der Waals surface area contributed by atoms with E-state index in [1.807, 2.05) is 12.3 Å². The Labute approximate surface area is 93.3 Å². The third kappa shape index (κ3) is 2.27. The van der Waals surface area contributed by atoms with Gasteiger partial charge < -0.3 is 5.73 Å². The van der Waals surface area contributed by atoms with E-state index in [9.17, 15) is 0 Å². The maximum Gasteiger partial charge on any atom is 0.0782 e. The first-order valence-corrected chi connectivity index (χ1v) is 6.01. The Morgan fingerprint density at radius 3 is 3.13 bits per heavy atom. The molecule has 0 radical (unpaired) electrons. The maximum atomic E-state index is 5.95. The summed E-state index contributed by atoms with van der Waals surface area (Å²) in [4.78, 5) is 1.23. The molecule has 15 heavy (non-hydrogen) atoms. The van der Waals surface area contributed by atoms with Crippen molar-refractivity contribution >= 4 is 11.3 Å². The van der Waals surface area contributed by atoms with Gasteiger partial charge in [-0.25, -0.2) is 0 Å². The van der Waals surface area contributed by atoms with Gasteiger partial charge in [0.15, 0.2) is 0 Å². The summed E-state index contributed by atoms with van der Waals surface area (Å²) in [5.74, 6) is 0. The lowest BCUT2D eigenvalue weighted by atomic mass is 10.1. The Kier molecular flexibility index (Phi) is 3.18. The van der Waals surface area contributed by atoms with E-state index in [-0.39, 0.29) is 6.04 Å². The van der Waals surface area contributed by atoms with Crippen molar-refractivity contribution in [3.8, 4) is 10.6 Å². The minimum Gasteiger partial charge on any atom is -0.327 e. The molecule has 0 fully saturated rings. The van der Waals surface area contributed by atoms with Gasteiger partial charge in [-0.2, -0.15) is 5.10 Å². The predicted molar refractivity (Wildman–Crippen MR) is 63.9 cm³/mol. The Morgan fingerprint density at radius 2 is 2.47 bits per heavy atom. The second kappa shape index (κ2) is 4.59. The first kappa shape index (κ1) is 10.4. The van der Waals surface area contributed by atoms with Crippen molar-refractivity contribution in [3.63, 3.8) is 0 Å². The molecule has 2 aromatic heterocycles. The largest absolute Gasteiger partial charge is 0.327 e. The molecule has 3 N–H and O–H groups in total. The molecule has 0 aliphatic rings. The number of nitrogens with zero attached hydrogens (tertiary/aromatic N) is 1. The number of thiophene rings is 1. The summed E-state index contributed by atoms with van der Waals surface area (Å²) in [6.45, 7) is 2.11. The van der Waals surface area contributed by atoms with Crippen LogP contribution in [0.5, 0.6) is 0 Å². The fourth-order valence-corrected chi connectivity index (χ4v) is 2.28. The minimum absolute atomic E-state index is 0.223. The smallest absolute Gasteiger partial charge is 0.0782 e. The van der Waals surface area contributed by atoms with Gasteiger partial charge in [0, 0.05) is 11.6 Å². The third-order valence-corrected chi connectivity index (χ3v) is 3.38. The van der Waals surface area contributed by atoms with E-state index in [2.05, 4.69) is 28.6 Å². The molecule has 2 heterocycles. The lowest BCUT2D eigenvalue weighted by Gasteiger charge is -2.07. The highest BCUT2D eigenvalue weighted by Gasteiger charge is 2.10. The van der Waals surface area contributed by atoms with Crippen LogP contribution in [-0.2, 0) is 6.42 Å². The first-order valence-electron chi connectivity index (χ1n) is 5.13. The van der Waals surface area contributed by atoms with Gasteiger partial charge in [0.1, 0.15) is 0 Å². The van der Waals surface area contributed by atoms with E-state index >= 15 is 0 Å². The fourth-order valence-electron chi connectivity index (χ4n) is 1.53. The van der Waals surface area contributed by atoms with Crippen molar-refractivity contribution in [2.75, 3.05) is 0 Å². The second-order valence-corrected chi connectivity index (χ2v) is 4.57. The molecule has 3 nitrogen and oxygen atoms in total. The Morgan fingerprint density at radius 1 is 1.60 bits per heavy atom. The van der Waals surface area contributed by atoms with E-state index in [4.69, 9.17) is 5.73 Å². The summed E-state index contributed by atoms with van der Waals surface area (Å²) in [5.41, 5.74) is 8.28. The van der Waals surface area contributed by atoms with E-state index in [0.29, 0.717) is 0 Å². The number of nitrogens with two attached hydrogens (primary N) is 1. The van der Waals surface area contributed by atoms with Gasteiger partial charge in [0.05, 0.1) is 16.8 Å². The van der Waals surface area contributed by atoms with Crippen LogP contribution in [0.1, 0.15) is 18.9 Å². The summed E-state index contributed by atoms with van der Waals surface area (Å²) in [6.07, 6.45) is 3.76. The fraction of sp³-hybridized carbons (Fsp3) is 0.364. The highest BCUT2D eigenvalue weighted by molar-refractivity contribution is 7.13. The number of nitrogens with one attached hydrogen (secondary N) is 1. The highest BCUT2D eigenvalue weighted by Crippen LogP contribution is 2.26. The van der Waals surface area contributed by atoms with Crippen LogP contribution >= 0.6 is 11.3 Å². The van der Waals surface area contributed by atoms with Crippen molar-refractivity contribution in [2.24, 2.45) is 5.73 Å². The van der Waals surface area contributed by atoms with Crippen LogP contribution in [0.4, 0.5) is 0 Å². The van der Waals surface area contributed by atoms with Crippen LogP contribution in [0.2, 0.25) is 0 Å². The lowest BCUT2D eigenvalue weighted by Crippen LogP contribution is -2.21. The number of rotatable bonds is 4. The number of hydrogen-bond donors (Lipinski definition) is 2. The van der Waals surface area contributed by atoms with Gasteiger partial charge in [-0.3, -0.25) is 5.10 Å². The van der Waals surface area contributed by atoms with Crippen molar-refractivity contribution in [1.82, 2.24) is 10.2 Å². The Hall–Kier alpha value is -1.13. The van der Waals surface area contributed by atoms with Crippen molar-refractivity contribution in [3.05, 3.63) is 29.3 Å². The molecule has 1 atom stereocenters. The molecule has 0 spiro atoms. The first-order chi connectivity index (χ1) is 7.31. The zero-order chi connectivity index (χ0) is 10.7. The highest BCUT2D eigenvalue weighted by atomic mass is 32.1. The molecule has 0 saturated heterocycles. The van der Waals surface area contributed by atoms with Gasteiger partial charge in [0.25, 0.3) is 0 Å². The molecule has 0 aliphatic carbocycles. The van der Waals surface area contributed by atoms with E-state index in [0.717, 1.165) is 18.5 Å². The normalized spacial score (nSPS) is 12.9. The number of aromatic amines is 1. The molecule has 2 rings (SSSR count). The van der Waals surface area contributed by atoms with Crippen LogP contribution in [0.25, 0.3) is 10.6 Å². The minimum atomic E-state index is 0.223. The molecule has 4 heteroatoms. The summed E-state index contributed by atoms with van der Waals surface area (Å²) >= 11 is 1.72. The van der Waals surface area contributed by atoms with Gasteiger partial charge in [-0.1, -0.05) is 13.0 Å². The standard InChI is InChI=1S/C11H15N3S/c1-2-9(12)6-8-7-13-14-11(8)10-4-3-5-15-10/h3-5,7,9H,2,6,12H2,1H3,(H,13,14). The van der Waals surface area contributed by atoms with Crippen LogP contribution < -0.4 is 5.73 Å². The maximum absolute atomic E-state index is 5.95. The molecule has 80 valence electrons. The average molecular weight is 221 g/mol. The van der Waals surface area contributed by atoms with Gasteiger partial charge in [-0.05, 0) is 24.3 Å². The van der Waals surface area contributed by atoms with Crippen molar-refractivity contribution in [2.45, 2.75) is 25.8 Å². The van der Waals surface area contributed by atoms with Gasteiger partial charge >= 0.3 is 0 Å². The molecule has 0 saturated carbocycles. The summed E-state index contributed by atoms with van der Waals surface area (Å²) in [5, 5.41) is 9.20. The summed E-state index contributed by atoms with van der Waals surface area (Å²) in [6, 6.07) is 4.37. The predicted octanol–water partition coefficient (Wildman–Crippen LogP) is 2.42. The molecular weight excluding hydrogens is 206 g/mol. The Bertz CT molecular complexity index is 405. The number of aromatic nitrogens is 2. The monoisotopic (exact) mass is 221 g/mol. The summed E-state index contributed by atoms with van der Waals surface area (Å²) < 4.78 is 0. The SMILES string of the molecule is CCC(N)Cc1cn[nH]c1-c1cccs1. The molecule has 2 aromatic rings. The second-order valence-electron chi connectivity index (χ2n) is 3.62. The van der Waals surface area contributed by atoms with E-state index < -0.39 is 0 Å². The molecular formula is C11H15N3S. The third-order valence-electron chi connectivity index (χ3n) is 2.49. The molecule has 0 amide bonds. The topological polar surface area (TPSA) is 54.7 Å². The van der Waals surface area contributed by atoms with Crippen LogP contribution in [0.15, 0.2) is 23.7 Å². The summed E-state index contributed by atoms with van der Waals surface area (Å²) in [7, 11) is 0. The number of hydrogen-bond acceptors (Lipinski definition) is 3. The lowest BCUT2D eigenvalue weighted by molar-refractivity contribution is 0.647. The van der Waals surface area contributed by atoms with Crippen molar-refractivity contribution in [1.29, 1.82) is 0 Å². The van der Waals surface area contributed by atoms with E-state index in [1.165, 1.54) is 10.4 Å². The number of H-pyrrole nitrogens is 1. The molecule has 0 bridgehead atoms.